The van der Waals surface area contributed by atoms with Crippen LogP contribution in [0.25, 0.3) is 0 Å². The van der Waals surface area contributed by atoms with E-state index in [-0.39, 0.29) is 6.04 Å². The number of nitrogens with zero attached hydrogens (tertiary/aromatic N) is 1. The van der Waals surface area contributed by atoms with Crippen LogP contribution in [0.2, 0.25) is 0 Å². The predicted molar refractivity (Wildman–Crippen MR) is 77.7 cm³/mol. The monoisotopic (exact) mass is 306 g/mol. The summed E-state index contributed by atoms with van der Waals surface area (Å²) in [4.78, 5) is 0.870. The largest absolute Gasteiger partial charge is 0.383 e. The van der Waals surface area contributed by atoms with Gasteiger partial charge in [0.25, 0.3) is 10.0 Å². The van der Waals surface area contributed by atoms with Gasteiger partial charge in [0.05, 0.1) is 6.61 Å². The van der Waals surface area contributed by atoms with E-state index in [1.165, 1.54) is 15.6 Å². The maximum atomic E-state index is 12.6. The molecule has 0 saturated heterocycles. The minimum atomic E-state index is -3.46. The van der Waals surface area contributed by atoms with E-state index in [1.807, 2.05) is 13.8 Å². The molecule has 19 heavy (non-hydrogen) atoms. The average Bonchev–Trinajstić information content (AvgIpc) is 2.88. The summed E-state index contributed by atoms with van der Waals surface area (Å²) in [5, 5.41) is 0. The summed E-state index contributed by atoms with van der Waals surface area (Å²) in [7, 11) is -1.89. The molecule has 0 radical (unpaired) electrons. The Morgan fingerprint density at radius 1 is 1.47 bits per heavy atom. The second-order valence-electron chi connectivity index (χ2n) is 4.29. The third-order valence-corrected chi connectivity index (χ3v) is 6.59. The summed E-state index contributed by atoms with van der Waals surface area (Å²) >= 11 is 1.23. The molecule has 1 atom stereocenters. The van der Waals surface area contributed by atoms with Gasteiger partial charge < -0.3 is 10.5 Å². The number of sulfonamides is 1. The minimum Gasteiger partial charge on any atom is -0.383 e. The second kappa shape index (κ2) is 7.35. The van der Waals surface area contributed by atoms with Gasteiger partial charge in [-0.2, -0.15) is 4.31 Å². The van der Waals surface area contributed by atoms with Crippen LogP contribution < -0.4 is 5.73 Å². The molecule has 7 heteroatoms. The van der Waals surface area contributed by atoms with Crippen molar-refractivity contribution in [3.8, 4) is 0 Å². The molecule has 1 aromatic heterocycles. The summed E-state index contributed by atoms with van der Waals surface area (Å²) in [5.41, 5.74) is 5.53. The Morgan fingerprint density at radius 2 is 2.16 bits per heavy atom. The maximum Gasteiger partial charge on any atom is 0.252 e. The fourth-order valence-corrected chi connectivity index (χ4v) is 4.74. The van der Waals surface area contributed by atoms with Crippen molar-refractivity contribution >= 4 is 21.4 Å². The number of rotatable bonds is 8. The summed E-state index contributed by atoms with van der Waals surface area (Å²) in [6.07, 6.45) is 0.762. The summed E-state index contributed by atoms with van der Waals surface area (Å²) < 4.78 is 32.1. The number of hydrogen-bond donors (Lipinski definition) is 1. The Balaban J connectivity index is 3.04. The first kappa shape index (κ1) is 16.6. The third kappa shape index (κ3) is 4.00. The van der Waals surface area contributed by atoms with E-state index in [9.17, 15) is 8.42 Å². The predicted octanol–water partition coefficient (Wildman–Crippen LogP) is 1.64. The normalized spacial score (nSPS) is 13.9. The minimum absolute atomic E-state index is 0.0522. The Kier molecular flexibility index (Phi) is 6.41. The summed E-state index contributed by atoms with van der Waals surface area (Å²) in [6, 6.07) is 3.34. The molecule has 5 nitrogen and oxygen atoms in total. The zero-order chi connectivity index (χ0) is 14.5. The van der Waals surface area contributed by atoms with Gasteiger partial charge in [0.2, 0.25) is 0 Å². The highest BCUT2D eigenvalue weighted by molar-refractivity contribution is 7.91. The Hall–Kier alpha value is -0.470. The maximum absolute atomic E-state index is 12.6. The van der Waals surface area contributed by atoms with Crippen LogP contribution in [0.4, 0.5) is 0 Å². The number of methoxy groups -OCH3 is 1. The zero-order valence-corrected chi connectivity index (χ0v) is 13.3. The lowest BCUT2D eigenvalue weighted by Crippen LogP contribution is -2.40. The van der Waals surface area contributed by atoms with Gasteiger partial charge in [-0.15, -0.1) is 11.3 Å². The molecule has 0 fully saturated rings. The van der Waals surface area contributed by atoms with Crippen molar-refractivity contribution in [2.75, 3.05) is 20.3 Å². The molecule has 0 aliphatic rings. The standard InChI is InChI=1S/C12H22N2O3S2/c1-4-10(2)14(7-8-17-3)19(15,16)12-6-5-11(9-13)18-12/h5-6,10H,4,7-9,13H2,1-3H3. The van der Waals surface area contributed by atoms with Crippen LogP contribution in [-0.4, -0.2) is 39.0 Å². The van der Waals surface area contributed by atoms with Crippen molar-refractivity contribution in [3.05, 3.63) is 17.0 Å². The lowest BCUT2D eigenvalue weighted by Gasteiger charge is -2.26. The van der Waals surface area contributed by atoms with Gasteiger partial charge in [-0.1, -0.05) is 6.92 Å². The number of hydrogen-bond acceptors (Lipinski definition) is 5. The second-order valence-corrected chi connectivity index (χ2v) is 7.58. The molecule has 0 aromatic carbocycles. The van der Waals surface area contributed by atoms with E-state index in [4.69, 9.17) is 10.5 Å². The van der Waals surface area contributed by atoms with Crippen LogP contribution in [0.5, 0.6) is 0 Å². The first-order valence-corrected chi connectivity index (χ1v) is 8.52. The highest BCUT2D eigenvalue weighted by Crippen LogP contribution is 2.26. The van der Waals surface area contributed by atoms with E-state index in [1.54, 1.807) is 19.2 Å². The Morgan fingerprint density at radius 3 is 2.63 bits per heavy atom. The molecule has 0 aliphatic carbocycles. The van der Waals surface area contributed by atoms with Gasteiger partial charge in [0.1, 0.15) is 4.21 Å². The lowest BCUT2D eigenvalue weighted by molar-refractivity contribution is 0.167. The Bertz CT molecular complexity index is 485. The highest BCUT2D eigenvalue weighted by Gasteiger charge is 2.29. The van der Waals surface area contributed by atoms with Crippen LogP contribution in [-0.2, 0) is 21.3 Å². The smallest absolute Gasteiger partial charge is 0.252 e. The van der Waals surface area contributed by atoms with Crippen molar-refractivity contribution in [2.45, 2.75) is 37.1 Å². The molecule has 0 aliphatic heterocycles. The Labute approximate surface area is 119 Å². The summed E-state index contributed by atoms with van der Waals surface area (Å²) in [6.45, 7) is 4.99. The molecular formula is C12H22N2O3S2. The fourth-order valence-electron chi connectivity index (χ4n) is 1.68. The van der Waals surface area contributed by atoms with Crippen molar-refractivity contribution in [1.29, 1.82) is 0 Å². The van der Waals surface area contributed by atoms with Crippen molar-refractivity contribution in [3.63, 3.8) is 0 Å². The average molecular weight is 306 g/mol. The molecule has 1 aromatic rings. The molecular weight excluding hydrogens is 284 g/mol. The molecule has 1 heterocycles. The van der Waals surface area contributed by atoms with Gasteiger partial charge >= 0.3 is 0 Å². The van der Waals surface area contributed by atoms with Crippen molar-refractivity contribution < 1.29 is 13.2 Å². The molecule has 0 saturated carbocycles. The van der Waals surface area contributed by atoms with E-state index in [2.05, 4.69) is 0 Å². The summed E-state index contributed by atoms with van der Waals surface area (Å²) in [5.74, 6) is 0. The number of ether oxygens (including phenoxy) is 1. The van der Waals surface area contributed by atoms with Gasteiger partial charge in [-0.05, 0) is 25.5 Å². The van der Waals surface area contributed by atoms with Gasteiger partial charge in [-0.3, -0.25) is 0 Å². The van der Waals surface area contributed by atoms with Gasteiger partial charge in [0.15, 0.2) is 0 Å². The topological polar surface area (TPSA) is 72.6 Å². The first-order valence-electron chi connectivity index (χ1n) is 6.26. The first-order chi connectivity index (χ1) is 8.97. The third-order valence-electron chi connectivity index (χ3n) is 3.00. The molecule has 1 unspecified atom stereocenters. The molecule has 1 rings (SSSR count). The van der Waals surface area contributed by atoms with E-state index >= 15 is 0 Å². The van der Waals surface area contributed by atoms with Crippen LogP contribution in [0.1, 0.15) is 25.1 Å². The lowest BCUT2D eigenvalue weighted by atomic mass is 10.3. The van der Waals surface area contributed by atoms with Crippen molar-refractivity contribution in [2.24, 2.45) is 5.73 Å². The molecule has 110 valence electrons. The zero-order valence-electron chi connectivity index (χ0n) is 11.6. The molecule has 0 bridgehead atoms. The van der Waals surface area contributed by atoms with Crippen LogP contribution in [0.15, 0.2) is 16.3 Å². The van der Waals surface area contributed by atoms with Gasteiger partial charge in [0, 0.05) is 31.1 Å². The van der Waals surface area contributed by atoms with E-state index in [0.717, 1.165) is 11.3 Å². The quantitative estimate of drug-likeness (QED) is 0.792. The van der Waals surface area contributed by atoms with E-state index in [0.29, 0.717) is 23.9 Å². The SMILES string of the molecule is CCC(C)N(CCOC)S(=O)(=O)c1ccc(CN)s1. The van der Waals surface area contributed by atoms with Crippen LogP contribution in [0, 0.1) is 0 Å². The highest BCUT2D eigenvalue weighted by atomic mass is 32.2. The number of thiophene rings is 1. The van der Waals surface area contributed by atoms with Crippen LogP contribution in [0.3, 0.4) is 0 Å². The van der Waals surface area contributed by atoms with E-state index < -0.39 is 10.0 Å². The molecule has 0 amide bonds. The van der Waals surface area contributed by atoms with Crippen molar-refractivity contribution in [1.82, 2.24) is 4.31 Å². The fraction of sp³-hybridized carbons (Fsp3) is 0.667. The van der Waals surface area contributed by atoms with Gasteiger partial charge in [-0.25, -0.2) is 8.42 Å². The van der Waals surface area contributed by atoms with Crippen LogP contribution >= 0.6 is 11.3 Å². The molecule has 0 spiro atoms. The number of nitrogens with two attached hydrogens (primary N) is 1. The molecule has 2 N–H and O–H groups in total.